The molecule has 2 aromatic carbocycles. The first kappa shape index (κ1) is 20.3. The lowest BCUT2D eigenvalue weighted by Crippen LogP contribution is -1.95. The van der Waals surface area contributed by atoms with Gasteiger partial charge in [0.2, 0.25) is 0 Å². The zero-order valence-electron chi connectivity index (χ0n) is 16.0. The molecule has 2 aromatic rings. The summed E-state index contributed by atoms with van der Waals surface area (Å²) in [5.41, 5.74) is 4.55. The van der Waals surface area contributed by atoms with Gasteiger partial charge in [0.05, 0.1) is 5.56 Å². The molecule has 2 rings (SSSR count). The van der Waals surface area contributed by atoms with Gasteiger partial charge < -0.3 is 15.3 Å². The van der Waals surface area contributed by atoms with Gasteiger partial charge in [0.1, 0.15) is 11.5 Å². The third kappa shape index (κ3) is 5.74. The minimum absolute atomic E-state index is 0.0284. The van der Waals surface area contributed by atoms with Crippen LogP contribution in [0.25, 0.3) is 11.1 Å². The molecule has 0 atom stereocenters. The van der Waals surface area contributed by atoms with Gasteiger partial charge in [0.15, 0.2) is 0 Å². The average Bonchev–Trinajstić information content (AvgIpc) is 2.60. The van der Waals surface area contributed by atoms with E-state index in [2.05, 4.69) is 19.9 Å². The SMILES string of the molecule is CC(C)=CCCC(C)=CCc1c(O)cc(-c2ccc(C(=O)O)cc2)cc1O. The van der Waals surface area contributed by atoms with Crippen molar-refractivity contribution in [3.8, 4) is 22.6 Å². The fourth-order valence-electron chi connectivity index (χ4n) is 2.79. The summed E-state index contributed by atoms with van der Waals surface area (Å²) >= 11 is 0. The molecule has 0 aliphatic heterocycles. The van der Waals surface area contributed by atoms with Crippen LogP contribution in [0.2, 0.25) is 0 Å². The molecule has 27 heavy (non-hydrogen) atoms. The number of allylic oxidation sites excluding steroid dienone is 4. The van der Waals surface area contributed by atoms with Gasteiger partial charge in [-0.25, -0.2) is 4.79 Å². The number of benzene rings is 2. The van der Waals surface area contributed by atoms with E-state index < -0.39 is 5.97 Å². The number of rotatable bonds is 7. The molecule has 0 unspecified atom stereocenters. The molecule has 0 saturated carbocycles. The quantitative estimate of drug-likeness (QED) is 0.549. The van der Waals surface area contributed by atoms with E-state index in [4.69, 9.17) is 5.11 Å². The van der Waals surface area contributed by atoms with Crippen LogP contribution in [0.5, 0.6) is 11.5 Å². The van der Waals surface area contributed by atoms with Crippen molar-refractivity contribution >= 4 is 5.97 Å². The van der Waals surface area contributed by atoms with Crippen LogP contribution in [0.4, 0.5) is 0 Å². The molecule has 0 amide bonds. The van der Waals surface area contributed by atoms with Gasteiger partial charge in [0.25, 0.3) is 0 Å². The summed E-state index contributed by atoms with van der Waals surface area (Å²) < 4.78 is 0. The van der Waals surface area contributed by atoms with E-state index in [1.165, 1.54) is 23.3 Å². The number of aromatic hydroxyl groups is 2. The maximum absolute atomic E-state index is 10.9. The van der Waals surface area contributed by atoms with Crippen LogP contribution in [-0.2, 0) is 6.42 Å². The van der Waals surface area contributed by atoms with Crippen molar-refractivity contribution in [2.75, 3.05) is 0 Å². The lowest BCUT2D eigenvalue weighted by molar-refractivity contribution is 0.0697. The first-order chi connectivity index (χ1) is 12.8. The number of carbonyl (C=O) groups is 1. The monoisotopic (exact) mass is 366 g/mol. The second-order valence-electron chi connectivity index (χ2n) is 6.95. The number of phenolic OH excluding ortho intramolecular Hbond substituents is 2. The Balaban J connectivity index is 2.16. The smallest absolute Gasteiger partial charge is 0.335 e. The molecule has 4 heteroatoms. The van der Waals surface area contributed by atoms with Gasteiger partial charge in [-0.1, -0.05) is 35.4 Å². The van der Waals surface area contributed by atoms with Crippen LogP contribution in [0.15, 0.2) is 59.7 Å². The predicted molar refractivity (Wildman–Crippen MR) is 108 cm³/mol. The predicted octanol–water partition coefficient (Wildman–Crippen LogP) is 5.70. The molecule has 0 heterocycles. The molecule has 0 aromatic heterocycles. The molecule has 0 aliphatic carbocycles. The molecule has 4 nitrogen and oxygen atoms in total. The number of hydrogen-bond acceptors (Lipinski definition) is 3. The van der Waals surface area contributed by atoms with Crippen LogP contribution in [0.1, 0.15) is 49.5 Å². The topological polar surface area (TPSA) is 77.8 Å². The zero-order valence-corrected chi connectivity index (χ0v) is 16.0. The van der Waals surface area contributed by atoms with Crippen molar-refractivity contribution in [3.63, 3.8) is 0 Å². The highest BCUT2D eigenvalue weighted by atomic mass is 16.4. The second kappa shape index (κ2) is 9.08. The Bertz CT molecular complexity index is 847. The number of carboxylic acids is 1. The average molecular weight is 366 g/mol. The first-order valence-electron chi connectivity index (χ1n) is 8.95. The van der Waals surface area contributed by atoms with Crippen molar-refractivity contribution < 1.29 is 20.1 Å². The Kier molecular flexibility index (Phi) is 6.83. The Morgan fingerprint density at radius 2 is 1.52 bits per heavy atom. The second-order valence-corrected chi connectivity index (χ2v) is 6.95. The molecule has 0 bridgehead atoms. The van der Waals surface area contributed by atoms with Gasteiger partial charge >= 0.3 is 5.97 Å². The molecule has 0 radical (unpaired) electrons. The molecule has 0 saturated heterocycles. The fourth-order valence-corrected chi connectivity index (χ4v) is 2.79. The van der Waals surface area contributed by atoms with Crippen LogP contribution >= 0.6 is 0 Å². The molecule has 0 aliphatic rings. The van der Waals surface area contributed by atoms with Gasteiger partial charge in [0, 0.05) is 5.56 Å². The van der Waals surface area contributed by atoms with Crippen molar-refractivity contribution in [1.29, 1.82) is 0 Å². The van der Waals surface area contributed by atoms with Crippen molar-refractivity contribution in [2.45, 2.75) is 40.0 Å². The first-order valence-corrected chi connectivity index (χ1v) is 8.95. The molecular formula is C23H26O4. The normalized spacial score (nSPS) is 11.3. The van der Waals surface area contributed by atoms with E-state index in [0.717, 1.165) is 18.4 Å². The van der Waals surface area contributed by atoms with E-state index >= 15 is 0 Å². The van der Waals surface area contributed by atoms with Crippen molar-refractivity contribution in [1.82, 2.24) is 0 Å². The summed E-state index contributed by atoms with van der Waals surface area (Å²) in [6, 6.07) is 9.50. The third-order valence-electron chi connectivity index (χ3n) is 4.41. The van der Waals surface area contributed by atoms with E-state index in [0.29, 0.717) is 17.5 Å². The highest BCUT2D eigenvalue weighted by molar-refractivity contribution is 5.88. The Labute approximate surface area is 160 Å². The Hall–Kier alpha value is -3.01. The summed E-state index contributed by atoms with van der Waals surface area (Å²) in [4.78, 5) is 10.9. The highest BCUT2D eigenvalue weighted by Gasteiger charge is 2.11. The molecule has 0 spiro atoms. The fraction of sp³-hybridized carbons (Fsp3) is 0.261. The number of aromatic carboxylic acids is 1. The summed E-state index contributed by atoms with van der Waals surface area (Å²) in [5, 5.41) is 29.7. The van der Waals surface area contributed by atoms with Crippen molar-refractivity contribution in [2.24, 2.45) is 0 Å². The number of carboxylic acid groups (broad SMARTS) is 1. The summed E-state index contributed by atoms with van der Waals surface area (Å²) in [6.45, 7) is 6.20. The maximum atomic E-state index is 10.9. The van der Waals surface area contributed by atoms with Crippen molar-refractivity contribution in [3.05, 3.63) is 70.8 Å². The molecule has 142 valence electrons. The highest BCUT2D eigenvalue weighted by Crippen LogP contribution is 2.34. The minimum Gasteiger partial charge on any atom is -0.507 e. The standard InChI is InChI=1S/C23H26O4/c1-15(2)5-4-6-16(3)7-12-20-21(24)13-19(14-22(20)25)17-8-10-18(11-9-17)23(26)27/h5,7-11,13-14,24-25H,4,6,12H2,1-3H3,(H,26,27). The molecule has 0 fully saturated rings. The van der Waals surface area contributed by atoms with Crippen LogP contribution < -0.4 is 0 Å². The number of hydrogen-bond donors (Lipinski definition) is 3. The maximum Gasteiger partial charge on any atom is 0.335 e. The van der Waals surface area contributed by atoms with E-state index in [1.54, 1.807) is 24.3 Å². The van der Waals surface area contributed by atoms with Gasteiger partial charge in [-0.2, -0.15) is 0 Å². The summed E-state index contributed by atoms with van der Waals surface area (Å²) in [5.74, 6) is -0.935. The van der Waals surface area contributed by atoms with Gasteiger partial charge in [-0.3, -0.25) is 0 Å². The Morgan fingerprint density at radius 1 is 0.926 bits per heavy atom. The van der Waals surface area contributed by atoms with Crippen LogP contribution in [-0.4, -0.2) is 21.3 Å². The van der Waals surface area contributed by atoms with Crippen LogP contribution in [0, 0.1) is 0 Å². The lowest BCUT2D eigenvalue weighted by atomic mass is 9.98. The lowest BCUT2D eigenvalue weighted by Gasteiger charge is -2.10. The van der Waals surface area contributed by atoms with E-state index in [9.17, 15) is 15.0 Å². The molecule has 3 N–H and O–H groups in total. The molecular weight excluding hydrogens is 340 g/mol. The van der Waals surface area contributed by atoms with Gasteiger partial charge in [-0.15, -0.1) is 0 Å². The van der Waals surface area contributed by atoms with Gasteiger partial charge in [-0.05, 0) is 75.4 Å². The van der Waals surface area contributed by atoms with E-state index in [-0.39, 0.29) is 17.1 Å². The summed E-state index contributed by atoms with van der Waals surface area (Å²) in [6.07, 6.45) is 6.59. The third-order valence-corrected chi connectivity index (χ3v) is 4.41. The number of phenols is 2. The largest absolute Gasteiger partial charge is 0.507 e. The zero-order chi connectivity index (χ0) is 20.0. The Morgan fingerprint density at radius 3 is 2.04 bits per heavy atom. The van der Waals surface area contributed by atoms with E-state index in [1.807, 2.05) is 13.0 Å². The minimum atomic E-state index is -0.991. The summed E-state index contributed by atoms with van der Waals surface area (Å²) in [7, 11) is 0. The van der Waals surface area contributed by atoms with Crippen LogP contribution in [0.3, 0.4) is 0 Å².